The lowest BCUT2D eigenvalue weighted by molar-refractivity contribution is -0.120. The summed E-state index contributed by atoms with van der Waals surface area (Å²) in [4.78, 5) is 16.6. The molecule has 0 aromatic carbocycles. The standard InChI is InChI=1S/C26H24N4O2/c31-25(21-5-13-29-14-6-21)18-24(20-3-11-28-12-4-20)26(32,22-7-15-30-16-8-22)17-23(25)19-1-9-27-10-2-19/h1-16,23-24,31-32H,17-18H2. The van der Waals surface area contributed by atoms with Gasteiger partial charge in [0.2, 0.25) is 0 Å². The van der Waals surface area contributed by atoms with E-state index in [9.17, 15) is 10.2 Å². The molecule has 6 heteroatoms. The number of aromatic nitrogens is 4. The molecule has 4 heterocycles. The largest absolute Gasteiger partial charge is 0.384 e. The Labute approximate surface area is 186 Å². The SMILES string of the molecule is OC1(c2ccncc2)CC(c2ccncc2)C(O)(c2ccncc2)CC1c1ccncc1. The average Bonchev–Trinajstić information content (AvgIpc) is 2.87. The molecular weight excluding hydrogens is 400 g/mol. The highest BCUT2D eigenvalue weighted by molar-refractivity contribution is 5.39. The molecule has 4 aromatic rings. The highest BCUT2D eigenvalue weighted by atomic mass is 16.3. The quantitative estimate of drug-likeness (QED) is 0.519. The fourth-order valence-corrected chi connectivity index (χ4v) is 5.14. The van der Waals surface area contributed by atoms with Gasteiger partial charge < -0.3 is 10.2 Å². The number of nitrogens with zero attached hydrogens (tertiary/aromatic N) is 4. The molecule has 4 atom stereocenters. The summed E-state index contributed by atoms with van der Waals surface area (Å²) in [6, 6.07) is 15.1. The van der Waals surface area contributed by atoms with Crippen molar-refractivity contribution in [3.05, 3.63) is 120 Å². The maximum absolute atomic E-state index is 12.3. The van der Waals surface area contributed by atoms with Crippen LogP contribution in [0.2, 0.25) is 0 Å². The van der Waals surface area contributed by atoms with Gasteiger partial charge in [-0.25, -0.2) is 0 Å². The summed E-state index contributed by atoms with van der Waals surface area (Å²) < 4.78 is 0. The summed E-state index contributed by atoms with van der Waals surface area (Å²) >= 11 is 0. The Morgan fingerprint density at radius 3 is 1.09 bits per heavy atom. The predicted molar refractivity (Wildman–Crippen MR) is 119 cm³/mol. The minimum absolute atomic E-state index is 0.326. The van der Waals surface area contributed by atoms with Crippen LogP contribution in [0.5, 0.6) is 0 Å². The van der Waals surface area contributed by atoms with Gasteiger partial charge in [0, 0.05) is 61.4 Å². The lowest BCUT2D eigenvalue weighted by Gasteiger charge is -2.52. The molecule has 0 aliphatic heterocycles. The fourth-order valence-electron chi connectivity index (χ4n) is 5.14. The Balaban J connectivity index is 1.71. The zero-order chi connectivity index (χ0) is 22.0. The van der Waals surface area contributed by atoms with Crippen LogP contribution in [0.1, 0.15) is 46.9 Å². The van der Waals surface area contributed by atoms with E-state index in [2.05, 4.69) is 19.9 Å². The Kier molecular flexibility index (Phi) is 5.25. The Morgan fingerprint density at radius 1 is 0.500 bits per heavy atom. The van der Waals surface area contributed by atoms with E-state index in [1.165, 1.54) is 0 Å². The van der Waals surface area contributed by atoms with Gasteiger partial charge in [0.25, 0.3) is 0 Å². The predicted octanol–water partition coefficient (Wildman–Crippen LogP) is 3.70. The Bertz CT molecular complexity index is 1070. The van der Waals surface area contributed by atoms with E-state index in [1.54, 1.807) is 49.6 Å². The normalized spacial score (nSPS) is 27.7. The van der Waals surface area contributed by atoms with Crippen LogP contribution < -0.4 is 0 Å². The first-order chi connectivity index (χ1) is 15.6. The molecule has 4 aromatic heterocycles. The molecule has 6 nitrogen and oxygen atoms in total. The lowest BCUT2D eigenvalue weighted by atomic mass is 9.57. The van der Waals surface area contributed by atoms with Crippen molar-refractivity contribution in [1.29, 1.82) is 0 Å². The minimum Gasteiger partial charge on any atom is -0.384 e. The first-order valence-corrected chi connectivity index (χ1v) is 10.7. The number of hydrogen-bond acceptors (Lipinski definition) is 6. The van der Waals surface area contributed by atoms with Gasteiger partial charge in [-0.15, -0.1) is 0 Å². The van der Waals surface area contributed by atoms with Crippen LogP contribution in [0, 0.1) is 0 Å². The number of aliphatic hydroxyl groups is 2. The van der Waals surface area contributed by atoms with Gasteiger partial charge in [0.15, 0.2) is 0 Å². The van der Waals surface area contributed by atoms with E-state index < -0.39 is 11.2 Å². The molecule has 0 radical (unpaired) electrons. The topological polar surface area (TPSA) is 92.0 Å². The molecule has 4 unspecified atom stereocenters. The fraction of sp³-hybridized carbons (Fsp3) is 0.231. The summed E-state index contributed by atoms with van der Waals surface area (Å²) in [5.74, 6) is -0.715. The maximum Gasteiger partial charge on any atom is 0.0974 e. The number of rotatable bonds is 4. The molecule has 5 rings (SSSR count). The summed E-state index contributed by atoms with van der Waals surface area (Å²) in [6.07, 6.45) is 14.3. The zero-order valence-corrected chi connectivity index (χ0v) is 17.5. The third kappa shape index (κ3) is 3.47. The molecule has 0 amide bonds. The van der Waals surface area contributed by atoms with Gasteiger partial charge in [-0.1, -0.05) is 0 Å². The molecular formula is C26H24N4O2. The van der Waals surface area contributed by atoms with Gasteiger partial charge in [-0.2, -0.15) is 0 Å². The zero-order valence-electron chi connectivity index (χ0n) is 17.5. The van der Waals surface area contributed by atoms with E-state index in [0.29, 0.717) is 12.8 Å². The summed E-state index contributed by atoms with van der Waals surface area (Å²) in [5.41, 5.74) is 1.00. The van der Waals surface area contributed by atoms with Crippen LogP contribution in [0.25, 0.3) is 0 Å². The van der Waals surface area contributed by atoms with Gasteiger partial charge in [0.1, 0.15) is 0 Å². The van der Waals surface area contributed by atoms with Crippen molar-refractivity contribution in [3.8, 4) is 0 Å². The molecule has 1 saturated carbocycles. The van der Waals surface area contributed by atoms with E-state index in [1.807, 2.05) is 48.5 Å². The van der Waals surface area contributed by atoms with Crippen molar-refractivity contribution in [2.24, 2.45) is 0 Å². The van der Waals surface area contributed by atoms with Crippen molar-refractivity contribution >= 4 is 0 Å². The van der Waals surface area contributed by atoms with Gasteiger partial charge in [0.05, 0.1) is 11.2 Å². The molecule has 0 spiro atoms. The summed E-state index contributed by atoms with van der Waals surface area (Å²) in [7, 11) is 0. The first kappa shape index (κ1) is 20.4. The monoisotopic (exact) mass is 424 g/mol. The maximum atomic E-state index is 12.3. The van der Waals surface area contributed by atoms with E-state index >= 15 is 0 Å². The number of hydrogen-bond donors (Lipinski definition) is 2. The Morgan fingerprint density at radius 2 is 0.781 bits per heavy atom. The second-order valence-electron chi connectivity index (χ2n) is 8.39. The summed E-state index contributed by atoms with van der Waals surface area (Å²) in [5, 5.41) is 24.6. The third-order valence-electron chi connectivity index (χ3n) is 6.76. The van der Waals surface area contributed by atoms with Crippen molar-refractivity contribution in [3.63, 3.8) is 0 Å². The third-order valence-corrected chi connectivity index (χ3v) is 6.76. The van der Waals surface area contributed by atoms with Gasteiger partial charge in [-0.3, -0.25) is 19.9 Å². The molecule has 2 N–H and O–H groups in total. The van der Waals surface area contributed by atoms with Crippen LogP contribution in [-0.2, 0) is 11.2 Å². The minimum atomic E-state index is -1.21. The van der Waals surface area contributed by atoms with Gasteiger partial charge in [-0.05, 0) is 83.6 Å². The molecule has 0 bridgehead atoms. The molecule has 160 valence electrons. The smallest absolute Gasteiger partial charge is 0.0974 e. The van der Waals surface area contributed by atoms with Crippen LogP contribution in [-0.4, -0.2) is 30.1 Å². The number of pyridine rings is 4. The second kappa shape index (κ2) is 8.22. The molecule has 1 aliphatic carbocycles. The van der Waals surface area contributed by atoms with Crippen molar-refractivity contribution in [2.75, 3.05) is 0 Å². The van der Waals surface area contributed by atoms with Crippen LogP contribution in [0.15, 0.2) is 98.1 Å². The molecule has 32 heavy (non-hydrogen) atoms. The van der Waals surface area contributed by atoms with Crippen LogP contribution in [0.4, 0.5) is 0 Å². The van der Waals surface area contributed by atoms with Crippen molar-refractivity contribution in [1.82, 2.24) is 19.9 Å². The van der Waals surface area contributed by atoms with Crippen molar-refractivity contribution in [2.45, 2.75) is 35.9 Å². The second-order valence-corrected chi connectivity index (χ2v) is 8.39. The lowest BCUT2D eigenvalue weighted by Crippen LogP contribution is -2.50. The Hall–Kier alpha value is -3.48. The van der Waals surface area contributed by atoms with Crippen molar-refractivity contribution < 1.29 is 10.2 Å². The summed E-state index contributed by atoms with van der Waals surface area (Å²) in [6.45, 7) is 0. The molecule has 1 fully saturated rings. The highest BCUT2D eigenvalue weighted by Gasteiger charge is 2.55. The van der Waals surface area contributed by atoms with Crippen LogP contribution in [0.3, 0.4) is 0 Å². The average molecular weight is 425 g/mol. The molecule has 0 saturated heterocycles. The first-order valence-electron chi connectivity index (χ1n) is 10.7. The highest BCUT2D eigenvalue weighted by Crippen LogP contribution is 2.58. The van der Waals surface area contributed by atoms with Crippen LogP contribution >= 0.6 is 0 Å². The van der Waals surface area contributed by atoms with E-state index in [4.69, 9.17) is 0 Å². The van der Waals surface area contributed by atoms with E-state index in [0.717, 1.165) is 22.3 Å². The van der Waals surface area contributed by atoms with E-state index in [-0.39, 0.29) is 11.8 Å². The van der Waals surface area contributed by atoms with Gasteiger partial charge >= 0.3 is 0 Å². The molecule has 1 aliphatic rings.